The Bertz CT molecular complexity index is 535. The van der Waals surface area contributed by atoms with Crippen LogP contribution in [0.1, 0.15) is 24.1 Å². The molecular formula is C15H15F2N. The van der Waals surface area contributed by atoms with Crippen LogP contribution in [0.2, 0.25) is 0 Å². The quantitative estimate of drug-likeness (QED) is 0.845. The Morgan fingerprint density at radius 2 is 1.67 bits per heavy atom. The molecule has 0 heterocycles. The summed E-state index contributed by atoms with van der Waals surface area (Å²) < 4.78 is 26.6. The van der Waals surface area contributed by atoms with E-state index in [4.69, 9.17) is 0 Å². The molecule has 0 aliphatic rings. The van der Waals surface area contributed by atoms with Gasteiger partial charge >= 0.3 is 0 Å². The number of aryl methyl sites for hydroxylation is 1. The number of rotatable bonds is 3. The molecule has 2 aromatic rings. The highest BCUT2D eigenvalue weighted by atomic mass is 19.2. The van der Waals surface area contributed by atoms with E-state index in [-0.39, 0.29) is 11.7 Å². The third kappa shape index (κ3) is 2.67. The number of anilines is 1. The molecule has 0 bridgehead atoms. The molecule has 0 fully saturated rings. The third-order valence-electron chi connectivity index (χ3n) is 2.90. The van der Waals surface area contributed by atoms with Crippen molar-refractivity contribution in [3.8, 4) is 0 Å². The molecule has 0 radical (unpaired) electrons. The van der Waals surface area contributed by atoms with Crippen LogP contribution in [-0.4, -0.2) is 0 Å². The van der Waals surface area contributed by atoms with Gasteiger partial charge in [0.2, 0.25) is 0 Å². The van der Waals surface area contributed by atoms with Crippen molar-refractivity contribution in [1.82, 2.24) is 0 Å². The van der Waals surface area contributed by atoms with Crippen LogP contribution in [0.4, 0.5) is 14.5 Å². The lowest BCUT2D eigenvalue weighted by Crippen LogP contribution is -2.08. The first-order chi connectivity index (χ1) is 8.58. The van der Waals surface area contributed by atoms with Crippen LogP contribution in [0, 0.1) is 18.6 Å². The number of benzene rings is 2. The Labute approximate surface area is 105 Å². The summed E-state index contributed by atoms with van der Waals surface area (Å²) in [7, 11) is 0. The van der Waals surface area contributed by atoms with Crippen LogP contribution < -0.4 is 5.32 Å². The molecule has 0 aliphatic carbocycles. The van der Waals surface area contributed by atoms with Gasteiger partial charge in [0.05, 0.1) is 5.69 Å². The Kier molecular flexibility index (Phi) is 3.60. The zero-order valence-corrected chi connectivity index (χ0v) is 10.4. The van der Waals surface area contributed by atoms with Gasteiger partial charge in [-0.3, -0.25) is 0 Å². The van der Waals surface area contributed by atoms with Gasteiger partial charge in [-0.25, -0.2) is 8.78 Å². The minimum atomic E-state index is -0.837. The van der Waals surface area contributed by atoms with Gasteiger partial charge in [0.1, 0.15) is 0 Å². The fourth-order valence-electron chi connectivity index (χ4n) is 1.79. The molecule has 0 spiro atoms. The Hall–Kier alpha value is -1.90. The number of hydrogen-bond acceptors (Lipinski definition) is 1. The second-order valence-electron chi connectivity index (χ2n) is 4.38. The summed E-state index contributed by atoms with van der Waals surface area (Å²) in [6.07, 6.45) is 0. The van der Waals surface area contributed by atoms with Crippen molar-refractivity contribution >= 4 is 5.69 Å². The number of halogens is 2. The molecule has 2 aromatic carbocycles. The van der Waals surface area contributed by atoms with Gasteiger partial charge in [-0.05, 0) is 31.5 Å². The first-order valence-corrected chi connectivity index (χ1v) is 5.85. The average molecular weight is 247 g/mol. The summed E-state index contributed by atoms with van der Waals surface area (Å²) in [5, 5.41) is 2.97. The van der Waals surface area contributed by atoms with Crippen molar-refractivity contribution in [2.24, 2.45) is 0 Å². The molecule has 1 unspecified atom stereocenters. The molecule has 18 heavy (non-hydrogen) atoms. The van der Waals surface area contributed by atoms with Crippen LogP contribution >= 0.6 is 0 Å². The maximum atomic E-state index is 13.5. The predicted octanol–water partition coefficient (Wildman–Crippen LogP) is 4.45. The Morgan fingerprint density at radius 1 is 1.00 bits per heavy atom. The molecule has 0 aliphatic heterocycles. The normalized spacial score (nSPS) is 12.2. The summed E-state index contributed by atoms with van der Waals surface area (Å²) in [4.78, 5) is 0. The van der Waals surface area contributed by atoms with Gasteiger partial charge in [0.25, 0.3) is 0 Å². The zero-order valence-electron chi connectivity index (χ0n) is 10.4. The van der Waals surface area contributed by atoms with Crippen molar-refractivity contribution in [1.29, 1.82) is 0 Å². The van der Waals surface area contributed by atoms with Gasteiger partial charge in [0, 0.05) is 6.04 Å². The minimum absolute atomic E-state index is 0.0816. The van der Waals surface area contributed by atoms with Crippen LogP contribution in [0.5, 0.6) is 0 Å². The van der Waals surface area contributed by atoms with Crippen molar-refractivity contribution < 1.29 is 8.78 Å². The van der Waals surface area contributed by atoms with E-state index in [1.807, 2.05) is 38.1 Å². The maximum absolute atomic E-state index is 13.5. The first kappa shape index (κ1) is 12.6. The topological polar surface area (TPSA) is 12.0 Å². The maximum Gasteiger partial charge on any atom is 0.181 e. The standard InChI is InChI=1S/C15H15F2N/c1-10-6-8-12(9-7-10)11(2)18-14-5-3-4-13(16)15(14)17/h3-9,11,18H,1-2H3. The van der Waals surface area contributed by atoms with E-state index in [1.165, 1.54) is 17.7 Å². The van der Waals surface area contributed by atoms with E-state index in [0.717, 1.165) is 11.6 Å². The molecular weight excluding hydrogens is 232 g/mol. The lowest BCUT2D eigenvalue weighted by atomic mass is 10.1. The zero-order chi connectivity index (χ0) is 13.1. The van der Waals surface area contributed by atoms with Gasteiger partial charge in [-0.15, -0.1) is 0 Å². The van der Waals surface area contributed by atoms with Crippen molar-refractivity contribution in [2.45, 2.75) is 19.9 Å². The van der Waals surface area contributed by atoms with E-state index in [9.17, 15) is 8.78 Å². The molecule has 0 aromatic heterocycles. The van der Waals surface area contributed by atoms with Crippen LogP contribution in [0.3, 0.4) is 0 Å². The summed E-state index contributed by atoms with van der Waals surface area (Å²) in [6, 6.07) is 12.0. The molecule has 0 saturated carbocycles. The Morgan fingerprint density at radius 3 is 2.33 bits per heavy atom. The molecule has 2 rings (SSSR count). The molecule has 0 amide bonds. The molecule has 0 saturated heterocycles. The second-order valence-corrected chi connectivity index (χ2v) is 4.38. The van der Waals surface area contributed by atoms with Crippen molar-refractivity contribution in [2.75, 3.05) is 5.32 Å². The first-order valence-electron chi connectivity index (χ1n) is 5.85. The highest BCUT2D eigenvalue weighted by Gasteiger charge is 2.11. The lowest BCUT2D eigenvalue weighted by Gasteiger charge is -2.16. The summed E-state index contributed by atoms with van der Waals surface area (Å²) >= 11 is 0. The predicted molar refractivity (Wildman–Crippen MR) is 69.6 cm³/mol. The Balaban J connectivity index is 2.18. The van der Waals surface area contributed by atoms with Gasteiger partial charge in [-0.2, -0.15) is 0 Å². The average Bonchev–Trinajstić information content (AvgIpc) is 2.36. The van der Waals surface area contributed by atoms with Gasteiger partial charge in [-0.1, -0.05) is 35.9 Å². The minimum Gasteiger partial charge on any atom is -0.376 e. The van der Waals surface area contributed by atoms with E-state index < -0.39 is 11.6 Å². The smallest absolute Gasteiger partial charge is 0.181 e. The van der Waals surface area contributed by atoms with E-state index in [0.29, 0.717) is 0 Å². The second kappa shape index (κ2) is 5.17. The van der Waals surface area contributed by atoms with Crippen LogP contribution in [0.25, 0.3) is 0 Å². The SMILES string of the molecule is Cc1ccc(C(C)Nc2cccc(F)c2F)cc1. The van der Waals surface area contributed by atoms with E-state index in [2.05, 4.69) is 5.32 Å². The largest absolute Gasteiger partial charge is 0.376 e. The highest BCUT2D eigenvalue weighted by molar-refractivity contribution is 5.47. The van der Waals surface area contributed by atoms with Crippen molar-refractivity contribution in [3.63, 3.8) is 0 Å². The summed E-state index contributed by atoms with van der Waals surface area (Å²) in [6.45, 7) is 3.92. The molecule has 1 nitrogen and oxygen atoms in total. The number of hydrogen-bond donors (Lipinski definition) is 1. The fourth-order valence-corrected chi connectivity index (χ4v) is 1.79. The monoisotopic (exact) mass is 247 g/mol. The molecule has 1 atom stereocenters. The number of nitrogens with one attached hydrogen (secondary N) is 1. The van der Waals surface area contributed by atoms with Crippen molar-refractivity contribution in [3.05, 3.63) is 65.2 Å². The third-order valence-corrected chi connectivity index (χ3v) is 2.90. The fraction of sp³-hybridized carbons (Fsp3) is 0.200. The van der Waals surface area contributed by atoms with E-state index in [1.54, 1.807) is 0 Å². The lowest BCUT2D eigenvalue weighted by molar-refractivity contribution is 0.510. The molecule has 94 valence electrons. The van der Waals surface area contributed by atoms with Crippen LogP contribution in [0.15, 0.2) is 42.5 Å². The summed E-state index contributed by atoms with van der Waals surface area (Å²) in [5.41, 5.74) is 2.38. The van der Waals surface area contributed by atoms with Crippen LogP contribution in [-0.2, 0) is 0 Å². The summed E-state index contributed by atoms with van der Waals surface area (Å²) in [5.74, 6) is -1.67. The van der Waals surface area contributed by atoms with Gasteiger partial charge in [0.15, 0.2) is 11.6 Å². The van der Waals surface area contributed by atoms with Gasteiger partial charge < -0.3 is 5.32 Å². The molecule has 3 heteroatoms. The van der Waals surface area contributed by atoms with E-state index >= 15 is 0 Å². The highest BCUT2D eigenvalue weighted by Crippen LogP contribution is 2.23. The molecule has 1 N–H and O–H groups in total.